The molecule has 0 spiro atoms. The van der Waals surface area contributed by atoms with E-state index in [1.54, 1.807) is 6.07 Å². The molecule has 1 heterocycles. The molecule has 12 heavy (non-hydrogen) atoms. The van der Waals surface area contributed by atoms with Crippen LogP contribution in [0.15, 0.2) is 11.4 Å². The van der Waals surface area contributed by atoms with E-state index < -0.39 is 6.10 Å². The third-order valence-corrected chi connectivity index (χ3v) is 3.09. The monoisotopic (exact) mass is 205 g/mol. The molecule has 1 rings (SSSR count). The molecular formula is C8H12ClNOS. The molecule has 3 N–H and O–H groups in total. The van der Waals surface area contributed by atoms with Gasteiger partial charge in [-0.1, -0.05) is 11.6 Å². The normalized spacial score (nSPS) is 13.2. The fourth-order valence-corrected chi connectivity index (χ4v) is 2.19. The standard InChI is InChI=1S/C8H12ClNOS/c9-6-3-5-12-8(6)7(11)2-1-4-10/h3,5,7,11H,1-2,4,10H2. The molecule has 0 radical (unpaired) electrons. The lowest BCUT2D eigenvalue weighted by molar-refractivity contribution is 0.169. The lowest BCUT2D eigenvalue weighted by atomic mass is 10.2. The predicted molar refractivity (Wildman–Crippen MR) is 52.6 cm³/mol. The number of nitrogens with two attached hydrogens (primary N) is 1. The molecule has 0 aromatic carbocycles. The highest BCUT2D eigenvalue weighted by molar-refractivity contribution is 7.10. The highest BCUT2D eigenvalue weighted by Gasteiger charge is 2.11. The van der Waals surface area contributed by atoms with Crippen molar-refractivity contribution in [1.29, 1.82) is 0 Å². The average molecular weight is 206 g/mol. The first-order valence-corrected chi connectivity index (χ1v) is 5.12. The Hall–Kier alpha value is -0.0900. The maximum absolute atomic E-state index is 9.59. The van der Waals surface area contributed by atoms with Crippen LogP contribution in [-0.2, 0) is 0 Å². The zero-order valence-electron chi connectivity index (χ0n) is 6.66. The SMILES string of the molecule is NCCCC(O)c1sccc1Cl. The quantitative estimate of drug-likeness (QED) is 0.792. The fourth-order valence-electron chi connectivity index (χ4n) is 0.985. The molecule has 2 nitrogen and oxygen atoms in total. The lowest BCUT2D eigenvalue weighted by Gasteiger charge is -2.07. The van der Waals surface area contributed by atoms with E-state index in [1.807, 2.05) is 5.38 Å². The van der Waals surface area contributed by atoms with Crippen LogP contribution in [0.2, 0.25) is 5.02 Å². The van der Waals surface area contributed by atoms with Gasteiger partial charge < -0.3 is 10.8 Å². The van der Waals surface area contributed by atoms with Gasteiger partial charge in [0.25, 0.3) is 0 Å². The first kappa shape index (κ1) is 9.99. The van der Waals surface area contributed by atoms with Crippen molar-refractivity contribution in [3.05, 3.63) is 21.3 Å². The third-order valence-electron chi connectivity index (χ3n) is 1.63. The molecular weight excluding hydrogens is 194 g/mol. The number of thiophene rings is 1. The van der Waals surface area contributed by atoms with Crippen molar-refractivity contribution in [1.82, 2.24) is 0 Å². The molecule has 0 saturated heterocycles. The maximum atomic E-state index is 9.59. The second-order valence-corrected chi connectivity index (χ2v) is 3.93. The van der Waals surface area contributed by atoms with E-state index in [-0.39, 0.29) is 0 Å². The number of halogens is 1. The number of rotatable bonds is 4. The third kappa shape index (κ3) is 2.45. The van der Waals surface area contributed by atoms with Crippen molar-refractivity contribution in [3.8, 4) is 0 Å². The Morgan fingerprint density at radius 3 is 2.92 bits per heavy atom. The van der Waals surface area contributed by atoms with Gasteiger partial charge >= 0.3 is 0 Å². The molecule has 4 heteroatoms. The Kier molecular flexibility index (Phi) is 4.01. The van der Waals surface area contributed by atoms with Crippen molar-refractivity contribution < 1.29 is 5.11 Å². The van der Waals surface area contributed by atoms with E-state index in [1.165, 1.54) is 11.3 Å². The van der Waals surface area contributed by atoms with Gasteiger partial charge in [0, 0.05) is 0 Å². The lowest BCUT2D eigenvalue weighted by Crippen LogP contribution is -2.02. The van der Waals surface area contributed by atoms with E-state index >= 15 is 0 Å². The number of hydrogen-bond acceptors (Lipinski definition) is 3. The highest BCUT2D eigenvalue weighted by Crippen LogP contribution is 2.30. The van der Waals surface area contributed by atoms with E-state index in [4.69, 9.17) is 17.3 Å². The largest absolute Gasteiger partial charge is 0.388 e. The van der Waals surface area contributed by atoms with Crippen LogP contribution >= 0.6 is 22.9 Å². The van der Waals surface area contributed by atoms with Crippen LogP contribution in [0.4, 0.5) is 0 Å². The molecule has 1 aromatic heterocycles. The van der Waals surface area contributed by atoms with Gasteiger partial charge in [-0.3, -0.25) is 0 Å². The van der Waals surface area contributed by atoms with Gasteiger partial charge in [0.1, 0.15) is 0 Å². The molecule has 0 bridgehead atoms. The molecule has 0 fully saturated rings. The van der Waals surface area contributed by atoms with Gasteiger partial charge in [-0.2, -0.15) is 0 Å². The number of hydrogen-bond donors (Lipinski definition) is 2. The van der Waals surface area contributed by atoms with Gasteiger partial charge in [-0.15, -0.1) is 11.3 Å². The topological polar surface area (TPSA) is 46.2 Å². The summed E-state index contributed by atoms with van der Waals surface area (Å²) in [6, 6.07) is 1.80. The average Bonchev–Trinajstić information content (AvgIpc) is 2.47. The van der Waals surface area contributed by atoms with E-state index in [9.17, 15) is 5.11 Å². The first-order chi connectivity index (χ1) is 5.75. The summed E-state index contributed by atoms with van der Waals surface area (Å²) >= 11 is 7.32. The summed E-state index contributed by atoms with van der Waals surface area (Å²) in [5, 5.41) is 12.1. The summed E-state index contributed by atoms with van der Waals surface area (Å²) in [6.07, 6.45) is 1.08. The Bertz CT molecular complexity index is 239. The summed E-state index contributed by atoms with van der Waals surface area (Å²) in [5.74, 6) is 0. The van der Waals surface area contributed by atoms with E-state index in [0.29, 0.717) is 18.0 Å². The molecule has 1 unspecified atom stereocenters. The summed E-state index contributed by atoms with van der Waals surface area (Å²) in [7, 11) is 0. The van der Waals surface area contributed by atoms with Gasteiger partial charge in [0.15, 0.2) is 0 Å². The van der Waals surface area contributed by atoms with Crippen molar-refractivity contribution in [2.24, 2.45) is 5.73 Å². The number of aliphatic hydroxyl groups is 1. The Morgan fingerprint density at radius 2 is 2.42 bits per heavy atom. The number of aliphatic hydroxyl groups excluding tert-OH is 1. The predicted octanol–water partition coefficient (Wildman–Crippen LogP) is 2.17. The zero-order chi connectivity index (χ0) is 8.97. The van der Waals surface area contributed by atoms with Crippen LogP contribution in [0, 0.1) is 0 Å². The summed E-state index contributed by atoms with van der Waals surface area (Å²) in [5.41, 5.74) is 5.33. The molecule has 0 saturated carbocycles. The van der Waals surface area contributed by atoms with Crippen LogP contribution in [-0.4, -0.2) is 11.7 Å². The first-order valence-electron chi connectivity index (χ1n) is 3.86. The van der Waals surface area contributed by atoms with Gasteiger partial charge in [0.05, 0.1) is 16.0 Å². The maximum Gasteiger partial charge on any atom is 0.0897 e. The van der Waals surface area contributed by atoms with Crippen LogP contribution in [0.1, 0.15) is 23.8 Å². The van der Waals surface area contributed by atoms with Crippen molar-refractivity contribution in [3.63, 3.8) is 0 Å². The van der Waals surface area contributed by atoms with Crippen molar-refractivity contribution in [2.75, 3.05) is 6.54 Å². The van der Waals surface area contributed by atoms with Gasteiger partial charge in [0.2, 0.25) is 0 Å². The molecule has 0 amide bonds. The zero-order valence-corrected chi connectivity index (χ0v) is 8.24. The van der Waals surface area contributed by atoms with E-state index in [0.717, 1.165) is 11.3 Å². The Balaban J connectivity index is 2.52. The van der Waals surface area contributed by atoms with Crippen LogP contribution < -0.4 is 5.73 Å². The minimum Gasteiger partial charge on any atom is -0.388 e. The smallest absolute Gasteiger partial charge is 0.0897 e. The summed E-state index contributed by atoms with van der Waals surface area (Å²) < 4.78 is 0. The minimum atomic E-state index is -0.443. The molecule has 68 valence electrons. The van der Waals surface area contributed by atoms with Crippen molar-refractivity contribution in [2.45, 2.75) is 18.9 Å². The molecule has 0 aliphatic rings. The summed E-state index contributed by atoms with van der Waals surface area (Å²) in [6.45, 7) is 0.611. The molecule has 0 aliphatic heterocycles. The van der Waals surface area contributed by atoms with E-state index in [2.05, 4.69) is 0 Å². The molecule has 0 aliphatic carbocycles. The molecule has 1 atom stereocenters. The Morgan fingerprint density at radius 1 is 1.67 bits per heavy atom. The fraction of sp³-hybridized carbons (Fsp3) is 0.500. The van der Waals surface area contributed by atoms with Crippen LogP contribution in [0.5, 0.6) is 0 Å². The second kappa shape index (κ2) is 4.82. The highest BCUT2D eigenvalue weighted by atomic mass is 35.5. The Labute approximate surface area is 81.0 Å². The van der Waals surface area contributed by atoms with Crippen molar-refractivity contribution >= 4 is 22.9 Å². The van der Waals surface area contributed by atoms with Crippen LogP contribution in [0.25, 0.3) is 0 Å². The minimum absolute atomic E-state index is 0.443. The van der Waals surface area contributed by atoms with Crippen LogP contribution in [0.3, 0.4) is 0 Å². The van der Waals surface area contributed by atoms with Gasteiger partial charge in [-0.05, 0) is 30.8 Å². The molecule has 1 aromatic rings. The second-order valence-electron chi connectivity index (χ2n) is 2.58. The summed E-state index contributed by atoms with van der Waals surface area (Å²) in [4.78, 5) is 0.852. The van der Waals surface area contributed by atoms with Gasteiger partial charge in [-0.25, -0.2) is 0 Å².